The van der Waals surface area contributed by atoms with E-state index in [2.05, 4.69) is 9.88 Å². The second-order valence-corrected chi connectivity index (χ2v) is 4.25. The molecule has 0 radical (unpaired) electrons. The molecule has 1 saturated heterocycles. The van der Waals surface area contributed by atoms with Crippen molar-refractivity contribution in [3.05, 3.63) is 23.9 Å². The van der Waals surface area contributed by atoms with Gasteiger partial charge >= 0.3 is 0 Å². The summed E-state index contributed by atoms with van der Waals surface area (Å²) >= 11 is 0. The molecule has 1 aliphatic heterocycles. The van der Waals surface area contributed by atoms with E-state index in [1.165, 1.54) is 0 Å². The molecule has 4 heteroatoms. The Labute approximate surface area is 95.9 Å². The fourth-order valence-corrected chi connectivity index (χ4v) is 1.87. The van der Waals surface area contributed by atoms with Gasteiger partial charge in [0, 0.05) is 19.9 Å². The molecule has 1 unspecified atom stereocenters. The molecule has 0 spiro atoms. The van der Waals surface area contributed by atoms with Crippen molar-refractivity contribution in [2.24, 2.45) is 0 Å². The Balaban J connectivity index is 2.08. The molecule has 1 N–H and O–H groups in total. The topological polar surface area (TPSA) is 45.6 Å². The van der Waals surface area contributed by atoms with Crippen molar-refractivity contribution in [3.8, 4) is 0 Å². The maximum atomic E-state index is 9.39. The van der Waals surface area contributed by atoms with E-state index in [1.807, 2.05) is 19.2 Å². The van der Waals surface area contributed by atoms with E-state index in [4.69, 9.17) is 4.74 Å². The third-order valence-electron chi connectivity index (χ3n) is 3.07. The van der Waals surface area contributed by atoms with Crippen LogP contribution in [0.1, 0.15) is 25.0 Å². The molecule has 0 amide bonds. The van der Waals surface area contributed by atoms with E-state index in [0.29, 0.717) is 6.04 Å². The number of hydrogen-bond acceptors (Lipinski definition) is 4. The highest BCUT2D eigenvalue weighted by molar-refractivity contribution is 5.40. The lowest BCUT2D eigenvalue weighted by atomic mass is 10.2. The molecular weight excluding hydrogens is 204 g/mol. The third-order valence-corrected chi connectivity index (χ3v) is 3.07. The average Bonchev–Trinajstić information content (AvgIpc) is 2.81. The zero-order valence-electron chi connectivity index (χ0n) is 9.76. The number of hydrogen-bond donors (Lipinski definition) is 1. The van der Waals surface area contributed by atoms with Gasteiger partial charge in [0.05, 0.1) is 18.8 Å². The van der Waals surface area contributed by atoms with Gasteiger partial charge in [0.1, 0.15) is 5.82 Å². The van der Waals surface area contributed by atoms with Crippen molar-refractivity contribution < 1.29 is 9.84 Å². The van der Waals surface area contributed by atoms with Gasteiger partial charge in [-0.15, -0.1) is 0 Å². The number of ether oxygens (including phenoxy) is 1. The summed E-state index contributed by atoms with van der Waals surface area (Å²) in [5.74, 6) is 0.930. The molecule has 1 aliphatic rings. The van der Waals surface area contributed by atoms with E-state index in [-0.39, 0.29) is 0 Å². The quantitative estimate of drug-likeness (QED) is 0.838. The van der Waals surface area contributed by atoms with Crippen LogP contribution in [0.25, 0.3) is 0 Å². The van der Waals surface area contributed by atoms with Crippen LogP contribution < -0.4 is 4.90 Å². The Kier molecular flexibility index (Phi) is 3.41. The Bertz CT molecular complexity index is 331. The van der Waals surface area contributed by atoms with Gasteiger partial charge in [-0.1, -0.05) is 6.07 Å². The standard InChI is InChI=1S/C12H18N2O2/c1-9(15)10-3-4-12(13-7-10)14(2)11-5-6-16-8-11/h3-4,7,9,11,15H,5-6,8H2,1-2H3/t9-,11?/m1/s1. The first kappa shape index (κ1) is 11.4. The second kappa shape index (κ2) is 4.80. The molecule has 2 rings (SSSR count). The van der Waals surface area contributed by atoms with E-state index in [1.54, 1.807) is 13.1 Å². The summed E-state index contributed by atoms with van der Waals surface area (Å²) in [5, 5.41) is 9.39. The normalized spacial score (nSPS) is 22.1. The van der Waals surface area contributed by atoms with Crippen molar-refractivity contribution in [1.82, 2.24) is 4.98 Å². The average molecular weight is 222 g/mol. The Morgan fingerprint density at radius 1 is 1.56 bits per heavy atom. The minimum atomic E-state index is -0.457. The number of aromatic nitrogens is 1. The molecule has 2 atom stereocenters. The van der Waals surface area contributed by atoms with Gasteiger partial charge in [0.15, 0.2) is 0 Å². The first-order valence-electron chi connectivity index (χ1n) is 5.63. The Morgan fingerprint density at radius 3 is 2.88 bits per heavy atom. The van der Waals surface area contributed by atoms with Crippen LogP contribution in [0, 0.1) is 0 Å². The molecule has 0 bridgehead atoms. The molecule has 1 aromatic rings. The largest absolute Gasteiger partial charge is 0.389 e. The molecule has 88 valence electrons. The number of aliphatic hydroxyl groups is 1. The fourth-order valence-electron chi connectivity index (χ4n) is 1.87. The van der Waals surface area contributed by atoms with Gasteiger partial charge in [-0.05, 0) is 25.0 Å². The minimum Gasteiger partial charge on any atom is -0.389 e. The number of nitrogens with zero attached hydrogens (tertiary/aromatic N) is 2. The van der Waals surface area contributed by atoms with Gasteiger partial charge in [0.25, 0.3) is 0 Å². The van der Waals surface area contributed by atoms with Gasteiger partial charge in [0.2, 0.25) is 0 Å². The lowest BCUT2D eigenvalue weighted by Gasteiger charge is -2.24. The van der Waals surface area contributed by atoms with E-state index < -0.39 is 6.10 Å². The highest BCUT2D eigenvalue weighted by atomic mass is 16.5. The summed E-state index contributed by atoms with van der Waals surface area (Å²) in [4.78, 5) is 6.49. The predicted octanol–water partition coefficient (Wildman–Crippen LogP) is 1.36. The summed E-state index contributed by atoms with van der Waals surface area (Å²) in [6.45, 7) is 3.35. The van der Waals surface area contributed by atoms with Crippen molar-refractivity contribution >= 4 is 5.82 Å². The number of aliphatic hydroxyl groups excluding tert-OH is 1. The number of anilines is 1. The summed E-state index contributed by atoms with van der Waals surface area (Å²) in [5.41, 5.74) is 0.847. The summed E-state index contributed by atoms with van der Waals surface area (Å²) in [6.07, 6.45) is 2.32. The third kappa shape index (κ3) is 2.33. The highest BCUT2D eigenvalue weighted by Gasteiger charge is 2.21. The maximum absolute atomic E-state index is 9.39. The number of likely N-dealkylation sites (N-methyl/N-ethyl adjacent to an activating group) is 1. The monoisotopic (exact) mass is 222 g/mol. The van der Waals surface area contributed by atoms with Crippen LogP contribution in [-0.2, 0) is 4.74 Å². The maximum Gasteiger partial charge on any atom is 0.128 e. The van der Waals surface area contributed by atoms with Gasteiger partial charge < -0.3 is 14.7 Å². The highest BCUT2D eigenvalue weighted by Crippen LogP contribution is 2.19. The molecule has 0 aliphatic carbocycles. The van der Waals surface area contributed by atoms with Crippen molar-refractivity contribution in [2.75, 3.05) is 25.2 Å². The van der Waals surface area contributed by atoms with Crippen molar-refractivity contribution in [1.29, 1.82) is 0 Å². The van der Waals surface area contributed by atoms with E-state index in [0.717, 1.165) is 31.0 Å². The minimum absolute atomic E-state index is 0.421. The molecule has 4 nitrogen and oxygen atoms in total. The van der Waals surface area contributed by atoms with Crippen LogP contribution in [0.2, 0.25) is 0 Å². The first-order chi connectivity index (χ1) is 7.68. The predicted molar refractivity (Wildman–Crippen MR) is 62.5 cm³/mol. The molecule has 0 saturated carbocycles. The van der Waals surface area contributed by atoms with Crippen LogP contribution in [0.15, 0.2) is 18.3 Å². The summed E-state index contributed by atoms with van der Waals surface area (Å²) in [7, 11) is 2.03. The van der Waals surface area contributed by atoms with E-state index >= 15 is 0 Å². The van der Waals surface area contributed by atoms with Crippen LogP contribution in [-0.4, -0.2) is 36.4 Å². The van der Waals surface area contributed by atoms with Crippen LogP contribution in [0.5, 0.6) is 0 Å². The van der Waals surface area contributed by atoms with Crippen LogP contribution in [0.3, 0.4) is 0 Å². The zero-order valence-corrected chi connectivity index (χ0v) is 9.76. The summed E-state index contributed by atoms with van der Waals surface area (Å²) < 4.78 is 5.35. The van der Waals surface area contributed by atoms with Gasteiger partial charge in [-0.3, -0.25) is 0 Å². The smallest absolute Gasteiger partial charge is 0.128 e. The van der Waals surface area contributed by atoms with Gasteiger partial charge in [-0.25, -0.2) is 4.98 Å². The molecule has 16 heavy (non-hydrogen) atoms. The van der Waals surface area contributed by atoms with Gasteiger partial charge in [-0.2, -0.15) is 0 Å². The SMILES string of the molecule is C[C@@H](O)c1ccc(N(C)C2CCOC2)nc1. The summed E-state index contributed by atoms with van der Waals surface area (Å²) in [6, 6.07) is 4.28. The van der Waals surface area contributed by atoms with Crippen molar-refractivity contribution in [3.63, 3.8) is 0 Å². The molecule has 1 fully saturated rings. The Hall–Kier alpha value is -1.13. The van der Waals surface area contributed by atoms with Crippen LogP contribution >= 0.6 is 0 Å². The van der Waals surface area contributed by atoms with Crippen LogP contribution in [0.4, 0.5) is 5.82 Å². The molecule has 2 heterocycles. The number of pyridine rings is 1. The molecule has 0 aromatic carbocycles. The lowest BCUT2D eigenvalue weighted by molar-refractivity contribution is 0.193. The zero-order chi connectivity index (χ0) is 11.5. The molecular formula is C12H18N2O2. The van der Waals surface area contributed by atoms with Crippen molar-refractivity contribution in [2.45, 2.75) is 25.5 Å². The second-order valence-electron chi connectivity index (χ2n) is 4.25. The molecule has 1 aromatic heterocycles. The fraction of sp³-hybridized carbons (Fsp3) is 0.583. The Morgan fingerprint density at radius 2 is 2.38 bits per heavy atom. The lowest BCUT2D eigenvalue weighted by Crippen LogP contribution is -2.32. The number of rotatable bonds is 3. The first-order valence-corrected chi connectivity index (χ1v) is 5.63. The van der Waals surface area contributed by atoms with E-state index in [9.17, 15) is 5.11 Å².